The van der Waals surface area contributed by atoms with Crippen molar-refractivity contribution in [1.29, 1.82) is 0 Å². The predicted molar refractivity (Wildman–Crippen MR) is 92.0 cm³/mol. The van der Waals surface area contributed by atoms with Crippen molar-refractivity contribution in [2.45, 2.75) is 32.9 Å². The summed E-state index contributed by atoms with van der Waals surface area (Å²) in [5.74, 6) is 1.19. The molecule has 136 valence electrons. The first-order valence-corrected chi connectivity index (χ1v) is 8.56. The number of rotatable bonds is 4. The Morgan fingerprint density at radius 1 is 1.40 bits per heavy atom. The fraction of sp³-hybridized carbons (Fsp3) is 0.667. The number of hydrogen-bond acceptors (Lipinski definition) is 6. The molecule has 1 aliphatic heterocycles. The summed E-state index contributed by atoms with van der Waals surface area (Å²) in [6, 6.07) is -0.0406. The lowest BCUT2D eigenvalue weighted by molar-refractivity contribution is 0.0926. The van der Waals surface area contributed by atoms with Crippen LogP contribution in [0.2, 0.25) is 0 Å². The van der Waals surface area contributed by atoms with Gasteiger partial charge in [0.1, 0.15) is 5.82 Å². The maximum absolute atomic E-state index is 12.6. The average molecular weight is 347 g/mol. The largest absolute Gasteiger partial charge is 0.337 e. The molecule has 1 saturated heterocycles. The van der Waals surface area contributed by atoms with Crippen molar-refractivity contribution in [2.24, 2.45) is 7.05 Å². The van der Waals surface area contributed by atoms with Crippen LogP contribution >= 0.6 is 0 Å². The Morgan fingerprint density at radius 3 is 2.80 bits per heavy atom. The van der Waals surface area contributed by atoms with Crippen LogP contribution in [0.25, 0.3) is 0 Å². The summed E-state index contributed by atoms with van der Waals surface area (Å²) in [5, 5.41) is 14.7. The highest BCUT2D eigenvalue weighted by atomic mass is 16.2. The van der Waals surface area contributed by atoms with E-state index in [1.807, 2.05) is 31.7 Å². The third kappa shape index (κ3) is 3.63. The predicted octanol–water partition coefficient (Wildman–Crippen LogP) is 0.898. The second kappa shape index (κ2) is 7.18. The van der Waals surface area contributed by atoms with Crippen LogP contribution in [-0.2, 0) is 7.05 Å². The summed E-state index contributed by atoms with van der Waals surface area (Å²) < 4.78 is 2.00. The number of carbonyl (C=O) groups is 1. The molecule has 1 N–H and O–H groups in total. The number of imidazole rings is 1. The number of urea groups is 1. The smallest absolute Gasteiger partial charge is 0.324 e. The van der Waals surface area contributed by atoms with Gasteiger partial charge >= 0.3 is 6.03 Å². The van der Waals surface area contributed by atoms with Gasteiger partial charge in [-0.2, -0.15) is 4.80 Å². The average Bonchev–Trinajstić information content (AvgIpc) is 3.23. The lowest BCUT2D eigenvalue weighted by Gasteiger charge is -2.40. The third-order valence-corrected chi connectivity index (χ3v) is 4.45. The number of tetrazole rings is 1. The zero-order chi connectivity index (χ0) is 18.0. The molecule has 1 fully saturated rings. The standard InChI is InChI=1S/C15H25N9O/c1-5-22-8-9-23(10-12(22)13-16-6-7-21(13)4)15(25)17-14-18-20-24(19-14)11(2)3/h6-7,11-12H,5,8-10H2,1-4H3,(H,17,19,25). The minimum absolute atomic E-state index is 0.0730. The molecule has 0 aliphatic carbocycles. The normalized spacial score (nSPS) is 18.8. The fourth-order valence-corrected chi connectivity index (χ4v) is 3.00. The Balaban J connectivity index is 1.69. The monoisotopic (exact) mass is 347 g/mol. The quantitative estimate of drug-likeness (QED) is 0.882. The first kappa shape index (κ1) is 17.3. The van der Waals surface area contributed by atoms with Gasteiger partial charge in [0, 0.05) is 39.1 Å². The molecule has 0 spiro atoms. The SMILES string of the molecule is CCN1CCN(C(=O)Nc2nnn(C(C)C)n2)CC1c1nccn1C. The van der Waals surface area contributed by atoms with E-state index >= 15 is 0 Å². The highest BCUT2D eigenvalue weighted by molar-refractivity contribution is 5.87. The second-order valence-corrected chi connectivity index (χ2v) is 6.44. The number of likely N-dealkylation sites (N-methyl/N-ethyl adjacent to an activating group) is 1. The maximum Gasteiger partial charge on any atom is 0.324 e. The van der Waals surface area contributed by atoms with Crippen molar-refractivity contribution in [3.05, 3.63) is 18.2 Å². The summed E-state index contributed by atoms with van der Waals surface area (Å²) in [4.78, 5) is 22.6. The van der Waals surface area contributed by atoms with Gasteiger partial charge in [0.05, 0.1) is 12.1 Å². The second-order valence-electron chi connectivity index (χ2n) is 6.44. The van der Waals surface area contributed by atoms with Gasteiger partial charge in [0.15, 0.2) is 0 Å². The van der Waals surface area contributed by atoms with E-state index in [1.165, 1.54) is 4.80 Å². The van der Waals surface area contributed by atoms with Crippen LogP contribution in [0.3, 0.4) is 0 Å². The van der Waals surface area contributed by atoms with Gasteiger partial charge < -0.3 is 9.47 Å². The Hall–Kier alpha value is -2.49. The Bertz CT molecular complexity index is 722. The number of nitrogens with zero attached hydrogens (tertiary/aromatic N) is 8. The number of aromatic nitrogens is 6. The fourth-order valence-electron chi connectivity index (χ4n) is 3.00. The molecule has 10 nitrogen and oxygen atoms in total. The molecule has 1 atom stereocenters. The molecule has 10 heteroatoms. The molecule has 25 heavy (non-hydrogen) atoms. The van der Waals surface area contributed by atoms with Crippen LogP contribution in [0.5, 0.6) is 0 Å². The molecule has 0 aromatic carbocycles. The number of nitrogens with one attached hydrogen (secondary N) is 1. The molecule has 0 bridgehead atoms. The lowest BCUT2D eigenvalue weighted by atomic mass is 10.1. The molecular weight excluding hydrogens is 322 g/mol. The number of aryl methyl sites for hydroxylation is 1. The van der Waals surface area contributed by atoms with Crippen molar-refractivity contribution in [3.8, 4) is 0 Å². The van der Waals surface area contributed by atoms with Gasteiger partial charge in [-0.3, -0.25) is 10.2 Å². The topological polar surface area (TPSA) is 97.0 Å². The molecule has 2 aromatic rings. The molecule has 0 saturated carbocycles. The van der Waals surface area contributed by atoms with Crippen molar-refractivity contribution in [3.63, 3.8) is 0 Å². The highest BCUT2D eigenvalue weighted by Gasteiger charge is 2.32. The molecule has 3 rings (SSSR count). The number of anilines is 1. The first-order valence-electron chi connectivity index (χ1n) is 8.56. The number of carbonyl (C=O) groups excluding carboxylic acids is 1. The summed E-state index contributed by atoms with van der Waals surface area (Å²) in [5.41, 5.74) is 0. The van der Waals surface area contributed by atoms with E-state index in [0.29, 0.717) is 13.1 Å². The molecule has 2 aromatic heterocycles. The van der Waals surface area contributed by atoms with E-state index in [0.717, 1.165) is 18.9 Å². The van der Waals surface area contributed by atoms with Gasteiger partial charge in [-0.1, -0.05) is 12.0 Å². The minimum Gasteiger partial charge on any atom is -0.337 e. The Kier molecular flexibility index (Phi) is 4.98. The molecular formula is C15H25N9O. The molecule has 1 unspecified atom stereocenters. The van der Waals surface area contributed by atoms with Gasteiger partial charge in [0.2, 0.25) is 0 Å². The van der Waals surface area contributed by atoms with Crippen LogP contribution in [0.1, 0.15) is 38.7 Å². The van der Waals surface area contributed by atoms with Crippen molar-refractivity contribution in [2.75, 3.05) is 31.5 Å². The van der Waals surface area contributed by atoms with E-state index in [2.05, 4.69) is 37.5 Å². The molecule has 2 amide bonds. The van der Waals surface area contributed by atoms with Crippen molar-refractivity contribution in [1.82, 2.24) is 39.6 Å². The maximum atomic E-state index is 12.6. The van der Waals surface area contributed by atoms with Crippen molar-refractivity contribution < 1.29 is 4.79 Å². The molecule has 1 aliphatic rings. The highest BCUT2D eigenvalue weighted by Crippen LogP contribution is 2.24. The summed E-state index contributed by atoms with van der Waals surface area (Å²) in [6.07, 6.45) is 3.71. The van der Waals surface area contributed by atoms with Crippen LogP contribution in [-0.4, -0.2) is 71.8 Å². The summed E-state index contributed by atoms with van der Waals surface area (Å²) >= 11 is 0. The number of hydrogen-bond donors (Lipinski definition) is 1. The van der Waals surface area contributed by atoms with E-state index in [1.54, 1.807) is 11.1 Å². The van der Waals surface area contributed by atoms with Crippen LogP contribution in [0, 0.1) is 0 Å². The summed E-state index contributed by atoms with van der Waals surface area (Å²) in [6.45, 7) is 8.97. The van der Waals surface area contributed by atoms with Gasteiger partial charge in [0.25, 0.3) is 5.95 Å². The first-order chi connectivity index (χ1) is 12.0. The van der Waals surface area contributed by atoms with Crippen molar-refractivity contribution >= 4 is 12.0 Å². The van der Waals surface area contributed by atoms with Crippen LogP contribution in [0.4, 0.5) is 10.7 Å². The molecule has 0 radical (unpaired) electrons. The van der Waals surface area contributed by atoms with Crippen LogP contribution in [0.15, 0.2) is 12.4 Å². The molecule has 3 heterocycles. The third-order valence-electron chi connectivity index (χ3n) is 4.45. The van der Waals surface area contributed by atoms with Gasteiger partial charge in [-0.15, -0.1) is 5.10 Å². The Labute approximate surface area is 146 Å². The zero-order valence-electron chi connectivity index (χ0n) is 15.1. The number of amides is 2. The zero-order valence-corrected chi connectivity index (χ0v) is 15.1. The van der Waals surface area contributed by atoms with Crippen LogP contribution < -0.4 is 5.32 Å². The van der Waals surface area contributed by atoms with Gasteiger partial charge in [-0.25, -0.2) is 9.78 Å². The lowest BCUT2D eigenvalue weighted by Crippen LogP contribution is -2.52. The van der Waals surface area contributed by atoms with Gasteiger partial charge in [-0.05, 0) is 25.6 Å². The van der Waals surface area contributed by atoms with E-state index in [9.17, 15) is 4.79 Å². The Morgan fingerprint density at radius 2 is 2.20 bits per heavy atom. The minimum atomic E-state index is -0.210. The van der Waals surface area contributed by atoms with E-state index in [4.69, 9.17) is 0 Å². The van der Waals surface area contributed by atoms with E-state index < -0.39 is 0 Å². The summed E-state index contributed by atoms with van der Waals surface area (Å²) in [7, 11) is 1.98. The van der Waals surface area contributed by atoms with E-state index in [-0.39, 0.29) is 24.1 Å². The number of piperazine rings is 1.